The molecule has 0 N–H and O–H groups in total. The van der Waals surface area contributed by atoms with Gasteiger partial charge in [0.05, 0.1) is 19.1 Å². The van der Waals surface area contributed by atoms with Crippen LogP contribution < -0.4 is 4.74 Å². The van der Waals surface area contributed by atoms with Gasteiger partial charge in [0, 0.05) is 0 Å². The highest BCUT2D eigenvalue weighted by Gasteiger charge is 2.31. The number of hydrogen-bond acceptors (Lipinski definition) is 2. The lowest BCUT2D eigenvalue weighted by atomic mass is 9.71. The largest absolute Gasteiger partial charge is 0.497 e. The average molecular weight is 187 g/mol. The summed E-state index contributed by atoms with van der Waals surface area (Å²) in [5.74, 6) is 1.55. The molecule has 72 valence electrons. The van der Waals surface area contributed by atoms with Crippen LogP contribution in [0.5, 0.6) is 5.75 Å². The fourth-order valence-corrected chi connectivity index (χ4v) is 1.90. The predicted molar refractivity (Wildman–Crippen MR) is 54.1 cm³/mol. The van der Waals surface area contributed by atoms with Crippen LogP contribution in [0.15, 0.2) is 24.3 Å². The molecule has 2 unspecified atom stereocenters. The van der Waals surface area contributed by atoms with Crippen LogP contribution in [-0.4, -0.2) is 7.11 Å². The van der Waals surface area contributed by atoms with E-state index in [0.717, 1.165) is 18.6 Å². The molecule has 14 heavy (non-hydrogen) atoms. The van der Waals surface area contributed by atoms with E-state index in [1.54, 1.807) is 7.11 Å². The van der Waals surface area contributed by atoms with E-state index in [0.29, 0.717) is 5.92 Å². The molecular weight excluding hydrogens is 174 g/mol. The van der Waals surface area contributed by atoms with Gasteiger partial charge in [-0.25, -0.2) is 0 Å². The summed E-state index contributed by atoms with van der Waals surface area (Å²) in [4.78, 5) is 0. The summed E-state index contributed by atoms with van der Waals surface area (Å²) in [6.07, 6.45) is 2.19. The molecule has 1 saturated carbocycles. The van der Waals surface area contributed by atoms with Crippen LogP contribution in [0.3, 0.4) is 0 Å². The van der Waals surface area contributed by atoms with Gasteiger partial charge in [0.2, 0.25) is 0 Å². The first kappa shape index (κ1) is 9.08. The molecule has 1 aromatic carbocycles. The monoisotopic (exact) mass is 187 g/mol. The quantitative estimate of drug-likeness (QED) is 0.713. The van der Waals surface area contributed by atoms with Gasteiger partial charge in [-0.1, -0.05) is 12.1 Å². The molecule has 1 fully saturated rings. The standard InChI is InChI=1S/C12H13NO/c1-14-11-5-2-9(3-6-11)12-7-4-10(12)8-13/h2-3,5-6,10,12H,4,7H2,1H3. The van der Waals surface area contributed by atoms with Crippen molar-refractivity contribution in [1.82, 2.24) is 0 Å². The molecule has 1 aliphatic rings. The van der Waals surface area contributed by atoms with Crippen LogP contribution in [-0.2, 0) is 0 Å². The SMILES string of the molecule is COc1ccc(C2CCC2C#N)cc1. The predicted octanol–water partition coefficient (Wildman–Crippen LogP) is 2.71. The van der Waals surface area contributed by atoms with E-state index < -0.39 is 0 Å². The van der Waals surface area contributed by atoms with E-state index in [1.807, 2.05) is 12.1 Å². The number of hydrogen-bond donors (Lipinski definition) is 0. The van der Waals surface area contributed by atoms with E-state index in [1.165, 1.54) is 5.56 Å². The van der Waals surface area contributed by atoms with Gasteiger partial charge < -0.3 is 4.74 Å². The first-order valence-corrected chi connectivity index (χ1v) is 4.88. The molecule has 0 saturated heterocycles. The summed E-state index contributed by atoms with van der Waals surface area (Å²) in [6, 6.07) is 10.4. The number of ether oxygens (including phenoxy) is 1. The Morgan fingerprint density at radius 2 is 2.00 bits per heavy atom. The first-order chi connectivity index (χ1) is 6.85. The van der Waals surface area contributed by atoms with Crippen molar-refractivity contribution < 1.29 is 4.74 Å². The highest BCUT2D eigenvalue weighted by Crippen LogP contribution is 2.42. The Bertz CT molecular complexity index is 350. The van der Waals surface area contributed by atoms with Gasteiger partial charge in [0.15, 0.2) is 0 Å². The Hall–Kier alpha value is -1.49. The molecule has 0 spiro atoms. The maximum atomic E-state index is 8.84. The minimum atomic E-state index is 0.225. The van der Waals surface area contributed by atoms with Crippen molar-refractivity contribution in [3.63, 3.8) is 0 Å². The molecule has 2 heteroatoms. The number of methoxy groups -OCH3 is 1. The molecule has 1 aliphatic carbocycles. The van der Waals surface area contributed by atoms with Crippen LogP contribution in [0, 0.1) is 17.2 Å². The lowest BCUT2D eigenvalue weighted by Crippen LogP contribution is -2.21. The molecule has 2 nitrogen and oxygen atoms in total. The Labute approximate surface area is 84.1 Å². The Kier molecular flexibility index (Phi) is 2.41. The van der Waals surface area contributed by atoms with Crippen molar-refractivity contribution in [2.45, 2.75) is 18.8 Å². The zero-order valence-electron chi connectivity index (χ0n) is 8.23. The van der Waals surface area contributed by atoms with Gasteiger partial charge in [0.1, 0.15) is 5.75 Å². The van der Waals surface area contributed by atoms with Gasteiger partial charge in [-0.05, 0) is 36.5 Å². The second-order valence-electron chi connectivity index (χ2n) is 3.69. The maximum Gasteiger partial charge on any atom is 0.118 e. The summed E-state index contributed by atoms with van der Waals surface area (Å²) < 4.78 is 5.09. The highest BCUT2D eigenvalue weighted by molar-refractivity contribution is 5.31. The van der Waals surface area contributed by atoms with Crippen LogP contribution in [0.4, 0.5) is 0 Å². The Balaban J connectivity index is 2.14. The molecular formula is C12H13NO. The summed E-state index contributed by atoms with van der Waals surface area (Å²) in [5, 5.41) is 8.84. The van der Waals surface area contributed by atoms with Gasteiger partial charge in [-0.2, -0.15) is 5.26 Å². The number of benzene rings is 1. The Morgan fingerprint density at radius 3 is 2.43 bits per heavy atom. The number of rotatable bonds is 2. The number of nitriles is 1. The second-order valence-corrected chi connectivity index (χ2v) is 3.69. The molecule has 0 aliphatic heterocycles. The topological polar surface area (TPSA) is 33.0 Å². The molecule has 0 aromatic heterocycles. The van der Waals surface area contributed by atoms with E-state index in [2.05, 4.69) is 18.2 Å². The maximum absolute atomic E-state index is 8.84. The molecule has 0 radical (unpaired) electrons. The molecule has 1 aromatic rings. The third-order valence-electron chi connectivity index (χ3n) is 2.98. The van der Waals surface area contributed by atoms with Crippen molar-refractivity contribution in [3.8, 4) is 11.8 Å². The summed E-state index contributed by atoms with van der Waals surface area (Å²) >= 11 is 0. The van der Waals surface area contributed by atoms with Gasteiger partial charge in [-0.15, -0.1) is 0 Å². The first-order valence-electron chi connectivity index (χ1n) is 4.88. The molecule has 0 heterocycles. The smallest absolute Gasteiger partial charge is 0.118 e. The van der Waals surface area contributed by atoms with Crippen LogP contribution in [0.2, 0.25) is 0 Å². The molecule has 2 atom stereocenters. The van der Waals surface area contributed by atoms with Crippen molar-refractivity contribution in [3.05, 3.63) is 29.8 Å². The third-order valence-corrected chi connectivity index (χ3v) is 2.98. The minimum absolute atomic E-state index is 0.225. The summed E-state index contributed by atoms with van der Waals surface area (Å²) in [5.41, 5.74) is 1.27. The normalized spacial score (nSPS) is 24.9. The molecule has 2 rings (SSSR count). The van der Waals surface area contributed by atoms with Crippen molar-refractivity contribution in [2.75, 3.05) is 7.11 Å². The van der Waals surface area contributed by atoms with Gasteiger partial charge in [-0.3, -0.25) is 0 Å². The number of nitrogens with zero attached hydrogens (tertiary/aromatic N) is 1. The summed E-state index contributed by atoms with van der Waals surface area (Å²) in [6.45, 7) is 0. The van der Waals surface area contributed by atoms with E-state index in [9.17, 15) is 0 Å². The van der Waals surface area contributed by atoms with Gasteiger partial charge >= 0.3 is 0 Å². The lowest BCUT2D eigenvalue weighted by Gasteiger charge is -2.31. The van der Waals surface area contributed by atoms with E-state index in [-0.39, 0.29) is 5.92 Å². The van der Waals surface area contributed by atoms with Crippen LogP contribution in [0.25, 0.3) is 0 Å². The van der Waals surface area contributed by atoms with E-state index >= 15 is 0 Å². The highest BCUT2D eigenvalue weighted by atomic mass is 16.5. The van der Waals surface area contributed by atoms with Crippen molar-refractivity contribution >= 4 is 0 Å². The van der Waals surface area contributed by atoms with Crippen molar-refractivity contribution in [2.24, 2.45) is 5.92 Å². The van der Waals surface area contributed by atoms with Crippen LogP contribution in [0.1, 0.15) is 24.3 Å². The fraction of sp³-hybridized carbons (Fsp3) is 0.417. The minimum Gasteiger partial charge on any atom is -0.497 e. The average Bonchev–Trinajstić information content (AvgIpc) is 2.18. The van der Waals surface area contributed by atoms with Gasteiger partial charge in [0.25, 0.3) is 0 Å². The molecule has 0 bridgehead atoms. The zero-order valence-corrected chi connectivity index (χ0v) is 8.23. The molecule has 0 amide bonds. The second kappa shape index (κ2) is 3.71. The Morgan fingerprint density at radius 1 is 1.29 bits per heavy atom. The lowest BCUT2D eigenvalue weighted by molar-refractivity contribution is 0.324. The van der Waals surface area contributed by atoms with Crippen LogP contribution >= 0.6 is 0 Å². The summed E-state index contributed by atoms with van der Waals surface area (Å²) in [7, 11) is 1.66. The van der Waals surface area contributed by atoms with E-state index in [4.69, 9.17) is 10.00 Å². The fourth-order valence-electron chi connectivity index (χ4n) is 1.90. The van der Waals surface area contributed by atoms with Crippen molar-refractivity contribution in [1.29, 1.82) is 5.26 Å². The zero-order chi connectivity index (χ0) is 9.97. The third kappa shape index (κ3) is 1.46.